The van der Waals surface area contributed by atoms with Gasteiger partial charge in [-0.2, -0.15) is 0 Å². The van der Waals surface area contributed by atoms with Crippen LogP contribution in [0.1, 0.15) is 84.6 Å². The lowest BCUT2D eigenvalue weighted by Gasteiger charge is -2.35. The average molecular weight is 806 g/mol. The van der Waals surface area contributed by atoms with Crippen LogP contribution in [0.4, 0.5) is 0 Å². The predicted molar refractivity (Wildman–Crippen MR) is 214 cm³/mol. The normalized spacial score (nSPS) is 27.2. The minimum absolute atomic E-state index is 0.0477. The van der Waals surface area contributed by atoms with Gasteiger partial charge in [0.1, 0.15) is 28.7 Å². The molecule has 4 unspecified atom stereocenters. The number of amides is 1. The molecule has 0 spiro atoms. The highest BCUT2D eigenvalue weighted by Gasteiger charge is 2.61. The number of pyridine rings is 1. The number of fused-ring (bicyclic) bond motifs is 2. The molecule has 3 heterocycles. The van der Waals surface area contributed by atoms with Crippen molar-refractivity contribution in [3.63, 3.8) is 0 Å². The molecule has 7 rings (SSSR count). The van der Waals surface area contributed by atoms with Crippen molar-refractivity contribution in [1.29, 1.82) is 0 Å². The summed E-state index contributed by atoms with van der Waals surface area (Å²) in [4.78, 5) is 66.1. The predicted octanol–water partition coefficient (Wildman–Crippen LogP) is 8.20. The number of carboxylic acid groups (broad SMARTS) is 1. The van der Waals surface area contributed by atoms with Gasteiger partial charge in [0.2, 0.25) is 5.91 Å². The quantitative estimate of drug-likeness (QED) is 0.118. The first-order valence-electron chi connectivity index (χ1n) is 19.7. The molecule has 1 saturated heterocycles. The van der Waals surface area contributed by atoms with Gasteiger partial charge in [-0.1, -0.05) is 52.3 Å². The van der Waals surface area contributed by atoms with Crippen molar-refractivity contribution in [1.82, 2.24) is 14.9 Å². The van der Waals surface area contributed by atoms with Crippen molar-refractivity contribution in [3.05, 3.63) is 46.3 Å². The van der Waals surface area contributed by atoms with Crippen LogP contribution >= 0.6 is 22.9 Å². The van der Waals surface area contributed by atoms with Crippen LogP contribution in [0.5, 0.6) is 11.5 Å². The van der Waals surface area contributed by atoms with Gasteiger partial charge < -0.3 is 24.2 Å². The number of aromatic nitrogens is 2. The largest absolute Gasteiger partial charge is 0.495 e. The van der Waals surface area contributed by atoms with Gasteiger partial charge in [-0.3, -0.25) is 19.2 Å². The van der Waals surface area contributed by atoms with Crippen LogP contribution in [0.2, 0.25) is 5.02 Å². The molecule has 1 aromatic carbocycles. The number of ketones is 1. The van der Waals surface area contributed by atoms with Gasteiger partial charge >= 0.3 is 11.9 Å². The Balaban J connectivity index is 1.20. The summed E-state index contributed by atoms with van der Waals surface area (Å²) < 4.78 is 18.2. The molecular weight excluding hydrogens is 754 g/mol. The molecule has 1 amide bonds. The van der Waals surface area contributed by atoms with E-state index in [4.69, 9.17) is 35.8 Å². The Kier molecular flexibility index (Phi) is 11.0. The molecule has 1 aliphatic heterocycles. The lowest BCUT2D eigenvalue weighted by atomic mass is 9.77. The number of methoxy groups -OCH3 is 1. The lowest BCUT2D eigenvalue weighted by Crippen LogP contribution is -2.48. The smallest absolute Gasteiger partial charge is 0.310 e. The Hall–Kier alpha value is -4.03. The third-order valence-corrected chi connectivity index (χ3v) is 13.5. The molecule has 0 bridgehead atoms. The number of allylic oxidation sites excluding steroid dienone is 1. The monoisotopic (exact) mass is 805 g/mol. The number of carbonyl (C=O) groups is 4. The van der Waals surface area contributed by atoms with Crippen LogP contribution in [0, 0.1) is 40.4 Å². The van der Waals surface area contributed by atoms with E-state index in [0.29, 0.717) is 63.0 Å². The van der Waals surface area contributed by atoms with Crippen LogP contribution in [0.25, 0.3) is 22.3 Å². The van der Waals surface area contributed by atoms with Crippen molar-refractivity contribution < 1.29 is 38.5 Å². The fourth-order valence-corrected chi connectivity index (χ4v) is 10.1. The molecule has 4 fully saturated rings. The third-order valence-electron chi connectivity index (χ3n) is 12.2. The second-order valence-electron chi connectivity index (χ2n) is 17.8. The van der Waals surface area contributed by atoms with E-state index in [2.05, 4.69) is 20.4 Å². The first-order chi connectivity index (χ1) is 26.5. The maximum absolute atomic E-state index is 14.7. The number of hydrogen-bond acceptors (Lipinski definition) is 10. The Morgan fingerprint density at radius 1 is 1.07 bits per heavy atom. The van der Waals surface area contributed by atoms with E-state index in [1.54, 1.807) is 29.5 Å². The molecule has 300 valence electrons. The number of esters is 1. The summed E-state index contributed by atoms with van der Waals surface area (Å²) >= 11 is 8.40. The highest BCUT2D eigenvalue weighted by Crippen LogP contribution is 2.57. The summed E-state index contributed by atoms with van der Waals surface area (Å²) in [5.74, 6) is -0.733. The zero-order valence-corrected chi connectivity index (χ0v) is 34.6. The number of aliphatic carboxylic acids is 1. The molecule has 3 aliphatic carbocycles. The SMILES string of the molecule is C=CC1C[C@]1(CC(=O)[C@@H]1CC(Oc2cc(-c3csc(CC(C)C)n3)nc3c(Cl)c(OC)ccc23)CN1C(=O)[C@@H](CC(=O)OC1CC2CC2C1)C(C)(C)C)C(=O)O. The zero-order valence-electron chi connectivity index (χ0n) is 33.0. The van der Waals surface area contributed by atoms with E-state index in [1.807, 2.05) is 32.2 Å². The van der Waals surface area contributed by atoms with Crippen LogP contribution in [-0.2, 0) is 30.3 Å². The maximum Gasteiger partial charge on any atom is 0.310 e. The summed E-state index contributed by atoms with van der Waals surface area (Å²) in [6.45, 7) is 13.8. The molecule has 3 aromatic rings. The van der Waals surface area contributed by atoms with Crippen molar-refractivity contribution in [2.45, 2.75) is 104 Å². The summed E-state index contributed by atoms with van der Waals surface area (Å²) in [5.41, 5.74) is -0.237. The number of halogens is 1. The minimum atomic E-state index is -1.25. The lowest BCUT2D eigenvalue weighted by molar-refractivity contribution is -0.157. The molecule has 1 N–H and O–H groups in total. The van der Waals surface area contributed by atoms with Crippen molar-refractivity contribution in [2.75, 3.05) is 13.7 Å². The third kappa shape index (κ3) is 8.05. The van der Waals surface area contributed by atoms with Crippen LogP contribution < -0.4 is 9.47 Å². The average Bonchev–Trinajstić information content (AvgIpc) is 3.80. The molecule has 2 aromatic heterocycles. The Bertz CT molecular complexity index is 2050. The number of nitrogens with zero attached hydrogens (tertiary/aromatic N) is 3. The van der Waals surface area contributed by atoms with Gasteiger partial charge in [0.25, 0.3) is 0 Å². The first kappa shape index (κ1) is 40.2. The van der Waals surface area contributed by atoms with E-state index in [1.165, 1.54) is 18.4 Å². The number of thiazole rings is 1. The van der Waals surface area contributed by atoms with E-state index in [-0.39, 0.29) is 49.5 Å². The van der Waals surface area contributed by atoms with Gasteiger partial charge in [-0.15, -0.1) is 17.9 Å². The highest BCUT2D eigenvalue weighted by atomic mass is 35.5. The first-order valence-corrected chi connectivity index (χ1v) is 20.9. The zero-order chi connectivity index (χ0) is 40.3. The number of hydrogen-bond donors (Lipinski definition) is 1. The van der Waals surface area contributed by atoms with E-state index in [0.717, 1.165) is 24.3 Å². The minimum Gasteiger partial charge on any atom is -0.495 e. The summed E-state index contributed by atoms with van der Waals surface area (Å²) in [6, 6.07) is 4.38. The van der Waals surface area contributed by atoms with Gasteiger partial charge in [0.05, 0.1) is 59.4 Å². The summed E-state index contributed by atoms with van der Waals surface area (Å²) in [6.07, 6.45) is 4.63. The maximum atomic E-state index is 14.7. The van der Waals surface area contributed by atoms with Crippen LogP contribution in [0.15, 0.2) is 36.2 Å². The number of ether oxygens (including phenoxy) is 3. The number of carboxylic acids is 1. The summed E-state index contributed by atoms with van der Waals surface area (Å²) in [7, 11) is 1.53. The molecule has 56 heavy (non-hydrogen) atoms. The second kappa shape index (κ2) is 15.4. The number of carbonyl (C=O) groups excluding carboxylic acids is 3. The molecule has 3 saturated carbocycles. The number of benzene rings is 1. The van der Waals surface area contributed by atoms with Gasteiger partial charge in [-0.05, 0) is 66.9 Å². The molecular formula is C43H52ClN3O8S. The van der Waals surface area contributed by atoms with Crippen molar-refractivity contribution in [2.24, 2.45) is 40.4 Å². The van der Waals surface area contributed by atoms with Crippen molar-refractivity contribution >= 4 is 57.5 Å². The fraction of sp³-hybridized carbons (Fsp3) is 0.581. The van der Waals surface area contributed by atoms with Crippen LogP contribution in [-0.4, -0.2) is 75.5 Å². The second-order valence-corrected chi connectivity index (χ2v) is 19.1. The van der Waals surface area contributed by atoms with Gasteiger partial charge in [-0.25, -0.2) is 9.97 Å². The van der Waals surface area contributed by atoms with Gasteiger partial charge in [0.15, 0.2) is 5.78 Å². The number of rotatable bonds is 15. The van der Waals surface area contributed by atoms with E-state index < -0.39 is 40.8 Å². The fourth-order valence-electron chi connectivity index (χ4n) is 8.79. The topological polar surface area (TPSA) is 145 Å². The summed E-state index contributed by atoms with van der Waals surface area (Å²) in [5, 5.41) is 14.0. The molecule has 11 nitrogen and oxygen atoms in total. The van der Waals surface area contributed by atoms with E-state index >= 15 is 0 Å². The van der Waals surface area contributed by atoms with Crippen molar-refractivity contribution in [3.8, 4) is 22.9 Å². The number of Topliss-reactive ketones (excluding diaryl/α,β-unsaturated/α-hetero) is 1. The Morgan fingerprint density at radius 3 is 2.43 bits per heavy atom. The van der Waals surface area contributed by atoms with Crippen LogP contribution in [0.3, 0.4) is 0 Å². The molecule has 4 aliphatic rings. The molecule has 7 atom stereocenters. The molecule has 13 heteroatoms. The van der Waals surface area contributed by atoms with E-state index in [9.17, 15) is 24.3 Å². The van der Waals surface area contributed by atoms with Gasteiger partial charge in [0, 0.05) is 36.1 Å². The standard InChI is InChI=1S/C43H52ClN3O8S/c1-8-25-18-43(25,41(51)52)19-33(48)32-15-27(20-47(32)40(50)29(42(4,5)6)16-37(49)55-26-13-23-12-24(23)14-26)54-35-17-30(31-21-56-36(45-31)11-22(2)3)46-39-28(35)9-10-34(53-7)38(39)44/h8-10,17,21-27,29,32H,1,11-16,18-20H2,2-7H3,(H,51,52)/t23?,24?,25?,26?,27?,29-,32+,43-/m1/s1. The number of likely N-dealkylation sites (tertiary alicyclic amines) is 1. The molecule has 0 radical (unpaired) electrons. The highest BCUT2D eigenvalue weighted by molar-refractivity contribution is 7.09. The Labute approximate surface area is 337 Å². The Morgan fingerprint density at radius 2 is 1.80 bits per heavy atom.